The minimum atomic E-state index is -0.353. The Morgan fingerprint density at radius 3 is 2.89 bits per heavy atom. The van der Waals surface area contributed by atoms with Crippen LogP contribution in [0.3, 0.4) is 0 Å². The zero-order chi connectivity index (χ0) is 13.8. The zero-order valence-electron chi connectivity index (χ0n) is 11.6. The molecule has 1 heterocycles. The minimum absolute atomic E-state index is 0.180. The second-order valence-electron chi connectivity index (χ2n) is 5.35. The van der Waals surface area contributed by atoms with Crippen LogP contribution in [0.1, 0.15) is 43.6 Å². The van der Waals surface area contributed by atoms with Gasteiger partial charge >= 0.3 is 0 Å². The molecule has 0 radical (unpaired) electrons. The van der Waals surface area contributed by atoms with Gasteiger partial charge in [0.2, 0.25) is 5.91 Å². The van der Waals surface area contributed by atoms with E-state index in [1.165, 1.54) is 12.8 Å². The Morgan fingerprint density at radius 1 is 1.58 bits per heavy atom. The molecule has 106 valence electrons. The van der Waals surface area contributed by atoms with Gasteiger partial charge in [-0.25, -0.2) is 4.68 Å². The fraction of sp³-hybridized carbons (Fsp3) is 0.769. The molecular weight excluding hydrogens is 244 g/mol. The van der Waals surface area contributed by atoms with Crippen LogP contribution in [0.4, 0.5) is 0 Å². The Kier molecular flexibility index (Phi) is 4.52. The van der Waals surface area contributed by atoms with E-state index in [-0.39, 0.29) is 18.4 Å². The second-order valence-corrected chi connectivity index (χ2v) is 5.35. The number of carbonyl (C=O) groups excluding carboxylic acids is 1. The maximum absolute atomic E-state index is 11.1. The summed E-state index contributed by atoms with van der Waals surface area (Å²) in [5.74, 6) is 0.368. The molecule has 1 aliphatic rings. The highest BCUT2D eigenvalue weighted by Gasteiger charge is 2.27. The van der Waals surface area contributed by atoms with Crippen molar-refractivity contribution >= 4 is 5.91 Å². The third kappa shape index (κ3) is 3.76. The van der Waals surface area contributed by atoms with Gasteiger partial charge in [0.25, 0.3) is 0 Å². The summed E-state index contributed by atoms with van der Waals surface area (Å²) >= 11 is 0. The molecule has 0 spiro atoms. The van der Waals surface area contributed by atoms with E-state index < -0.39 is 0 Å². The van der Waals surface area contributed by atoms with Crippen molar-refractivity contribution in [2.45, 2.75) is 45.1 Å². The first kappa shape index (κ1) is 14.0. The molecule has 1 aromatic heterocycles. The number of methoxy groups -OCH3 is 1. The first-order valence-corrected chi connectivity index (χ1v) is 6.82. The van der Waals surface area contributed by atoms with E-state index in [0.29, 0.717) is 6.61 Å². The van der Waals surface area contributed by atoms with Gasteiger partial charge in [0.1, 0.15) is 0 Å². The van der Waals surface area contributed by atoms with E-state index in [1.54, 1.807) is 7.11 Å². The number of hydrogen-bond acceptors (Lipinski definition) is 4. The molecule has 19 heavy (non-hydrogen) atoms. The number of ether oxygens (including phenoxy) is 1. The molecule has 1 fully saturated rings. The summed E-state index contributed by atoms with van der Waals surface area (Å²) in [4.78, 5) is 11.1. The van der Waals surface area contributed by atoms with Gasteiger partial charge < -0.3 is 10.5 Å². The first-order valence-electron chi connectivity index (χ1n) is 6.82. The number of nitrogens with two attached hydrogens (primary N) is 1. The van der Waals surface area contributed by atoms with Crippen molar-refractivity contribution in [1.29, 1.82) is 0 Å². The molecule has 1 unspecified atom stereocenters. The monoisotopic (exact) mass is 266 g/mol. The van der Waals surface area contributed by atoms with Gasteiger partial charge in [0.15, 0.2) is 0 Å². The standard InChI is InChI=1S/C13H22N4O2/c1-9(5-6-19-2)17-12(7-10-3-4-10)11(15-16-17)8-13(14)18/h9-10H,3-8H2,1-2H3,(H2,14,18). The van der Waals surface area contributed by atoms with Gasteiger partial charge in [-0.3, -0.25) is 4.79 Å². The van der Waals surface area contributed by atoms with E-state index in [2.05, 4.69) is 17.2 Å². The quantitative estimate of drug-likeness (QED) is 0.756. The van der Waals surface area contributed by atoms with Crippen molar-refractivity contribution < 1.29 is 9.53 Å². The minimum Gasteiger partial charge on any atom is -0.385 e. The van der Waals surface area contributed by atoms with E-state index in [0.717, 1.165) is 30.1 Å². The molecule has 0 aliphatic heterocycles. The highest BCUT2D eigenvalue weighted by Crippen LogP contribution is 2.34. The van der Waals surface area contributed by atoms with Crippen LogP contribution >= 0.6 is 0 Å². The Hall–Kier alpha value is -1.43. The van der Waals surface area contributed by atoms with Crippen LogP contribution < -0.4 is 5.73 Å². The van der Waals surface area contributed by atoms with Crippen molar-refractivity contribution in [2.75, 3.05) is 13.7 Å². The van der Waals surface area contributed by atoms with Crippen molar-refractivity contribution in [1.82, 2.24) is 15.0 Å². The number of carbonyl (C=O) groups is 1. The van der Waals surface area contributed by atoms with Crippen LogP contribution in [-0.2, 0) is 22.4 Å². The molecule has 2 N–H and O–H groups in total. The lowest BCUT2D eigenvalue weighted by molar-refractivity contribution is -0.117. The number of amides is 1. The van der Waals surface area contributed by atoms with Crippen LogP contribution in [0.15, 0.2) is 0 Å². The normalized spacial score (nSPS) is 16.5. The molecule has 6 nitrogen and oxygen atoms in total. The summed E-state index contributed by atoms with van der Waals surface area (Å²) in [6, 6.07) is 0.225. The van der Waals surface area contributed by atoms with Crippen LogP contribution in [-0.4, -0.2) is 34.6 Å². The molecule has 6 heteroatoms. The topological polar surface area (TPSA) is 83.0 Å². The number of rotatable bonds is 8. The third-order valence-electron chi connectivity index (χ3n) is 3.55. The average molecular weight is 266 g/mol. The molecule has 1 amide bonds. The molecule has 1 saturated carbocycles. The lowest BCUT2D eigenvalue weighted by Gasteiger charge is -2.14. The molecule has 0 aromatic carbocycles. The molecule has 1 aliphatic carbocycles. The van der Waals surface area contributed by atoms with Crippen molar-refractivity contribution in [3.8, 4) is 0 Å². The van der Waals surface area contributed by atoms with Crippen molar-refractivity contribution in [3.05, 3.63) is 11.4 Å². The molecular formula is C13H22N4O2. The van der Waals surface area contributed by atoms with Crippen molar-refractivity contribution in [3.63, 3.8) is 0 Å². The highest BCUT2D eigenvalue weighted by atomic mass is 16.5. The van der Waals surface area contributed by atoms with Crippen LogP contribution in [0.2, 0.25) is 0 Å². The van der Waals surface area contributed by atoms with Gasteiger partial charge in [0.05, 0.1) is 23.9 Å². The van der Waals surface area contributed by atoms with E-state index in [9.17, 15) is 4.79 Å². The number of hydrogen-bond donors (Lipinski definition) is 1. The first-order chi connectivity index (χ1) is 9.11. The Balaban J connectivity index is 2.15. The maximum atomic E-state index is 11.1. The molecule has 2 rings (SSSR count). The maximum Gasteiger partial charge on any atom is 0.223 e. The van der Waals surface area contributed by atoms with Gasteiger partial charge in [-0.2, -0.15) is 0 Å². The zero-order valence-corrected chi connectivity index (χ0v) is 11.6. The second kappa shape index (κ2) is 6.14. The van der Waals surface area contributed by atoms with Gasteiger partial charge in [0, 0.05) is 13.7 Å². The summed E-state index contributed by atoms with van der Waals surface area (Å²) in [6.07, 6.45) is 4.53. The molecule has 0 bridgehead atoms. The fourth-order valence-electron chi connectivity index (χ4n) is 2.22. The predicted molar refractivity (Wildman–Crippen MR) is 70.6 cm³/mol. The summed E-state index contributed by atoms with van der Waals surface area (Å²) in [7, 11) is 1.69. The smallest absolute Gasteiger partial charge is 0.223 e. The SMILES string of the molecule is COCCC(C)n1nnc(CC(N)=O)c1CC1CC1. The largest absolute Gasteiger partial charge is 0.385 e. The lowest BCUT2D eigenvalue weighted by atomic mass is 10.1. The van der Waals surface area contributed by atoms with E-state index in [4.69, 9.17) is 10.5 Å². The van der Waals surface area contributed by atoms with Crippen LogP contribution in [0.25, 0.3) is 0 Å². The van der Waals surface area contributed by atoms with Gasteiger partial charge in [-0.15, -0.1) is 5.10 Å². The van der Waals surface area contributed by atoms with Crippen LogP contribution in [0.5, 0.6) is 0 Å². The van der Waals surface area contributed by atoms with Crippen LogP contribution in [0, 0.1) is 5.92 Å². The van der Waals surface area contributed by atoms with Gasteiger partial charge in [-0.05, 0) is 38.5 Å². The number of primary amides is 1. The summed E-state index contributed by atoms with van der Waals surface area (Å²) in [5.41, 5.74) is 7.08. The Bertz CT molecular complexity index is 440. The molecule has 1 atom stereocenters. The fourth-order valence-corrected chi connectivity index (χ4v) is 2.22. The van der Waals surface area contributed by atoms with E-state index in [1.807, 2.05) is 4.68 Å². The molecule has 0 saturated heterocycles. The average Bonchev–Trinajstić information content (AvgIpc) is 3.09. The summed E-state index contributed by atoms with van der Waals surface area (Å²) in [6.45, 7) is 2.78. The predicted octanol–water partition coefficient (Wildman–Crippen LogP) is 0.856. The van der Waals surface area contributed by atoms with Crippen molar-refractivity contribution in [2.24, 2.45) is 11.7 Å². The Morgan fingerprint density at radius 2 is 2.32 bits per heavy atom. The summed E-state index contributed by atoms with van der Waals surface area (Å²) < 4.78 is 7.04. The lowest BCUT2D eigenvalue weighted by Crippen LogP contribution is -2.17. The molecule has 1 aromatic rings. The Labute approximate surface area is 113 Å². The number of nitrogens with zero attached hydrogens (tertiary/aromatic N) is 3. The third-order valence-corrected chi connectivity index (χ3v) is 3.55. The van der Waals surface area contributed by atoms with E-state index >= 15 is 0 Å². The summed E-state index contributed by atoms with van der Waals surface area (Å²) in [5, 5.41) is 8.34. The van der Waals surface area contributed by atoms with Gasteiger partial charge in [-0.1, -0.05) is 5.21 Å². The number of aromatic nitrogens is 3. The highest BCUT2D eigenvalue weighted by molar-refractivity contribution is 5.76.